The molecular weight excluding hydrogens is 404 g/mol. The highest BCUT2D eigenvalue weighted by Gasteiger charge is 2.46. The summed E-state index contributed by atoms with van der Waals surface area (Å²) >= 11 is 0. The van der Waals surface area contributed by atoms with Crippen molar-refractivity contribution < 1.29 is 19.4 Å². The minimum atomic E-state index is -0.908. The van der Waals surface area contributed by atoms with E-state index in [1.807, 2.05) is 30.7 Å². The molecule has 0 spiro atoms. The third kappa shape index (κ3) is 4.15. The summed E-state index contributed by atoms with van der Waals surface area (Å²) in [5, 5.41) is 11.0. The number of hydrogen-bond donors (Lipinski definition) is 1. The number of phenols is 1. The molecule has 2 atom stereocenters. The number of carbonyl (C=O) groups is 1. The van der Waals surface area contributed by atoms with Crippen LogP contribution in [0.4, 0.5) is 0 Å². The molecule has 1 aromatic heterocycles. The highest BCUT2D eigenvalue weighted by Crippen LogP contribution is 2.54. The van der Waals surface area contributed by atoms with Crippen molar-refractivity contribution in [2.75, 3.05) is 6.61 Å². The molecule has 2 aromatic rings. The lowest BCUT2D eigenvalue weighted by Gasteiger charge is -2.47. The number of carbonyl (C=O) groups excluding carboxylic acids is 1. The Morgan fingerprint density at radius 2 is 2.16 bits per heavy atom. The zero-order valence-electron chi connectivity index (χ0n) is 19.7. The minimum absolute atomic E-state index is 0.207. The summed E-state index contributed by atoms with van der Waals surface area (Å²) in [6, 6.07) is 3.64. The van der Waals surface area contributed by atoms with Crippen LogP contribution in [0.1, 0.15) is 70.9 Å². The largest absolute Gasteiger partial charge is 0.508 e. The maximum absolute atomic E-state index is 12.9. The van der Waals surface area contributed by atoms with Crippen LogP contribution in [0.2, 0.25) is 0 Å². The van der Waals surface area contributed by atoms with Crippen LogP contribution in [0.15, 0.2) is 42.5 Å². The Kier molecular flexibility index (Phi) is 5.82. The topological polar surface area (TPSA) is 73.6 Å². The van der Waals surface area contributed by atoms with E-state index in [0.29, 0.717) is 30.3 Å². The van der Waals surface area contributed by atoms with E-state index in [9.17, 15) is 9.90 Å². The van der Waals surface area contributed by atoms with E-state index in [2.05, 4.69) is 31.8 Å². The van der Waals surface area contributed by atoms with E-state index >= 15 is 0 Å². The monoisotopic (exact) mass is 438 g/mol. The van der Waals surface area contributed by atoms with Gasteiger partial charge in [-0.3, -0.25) is 4.79 Å². The molecule has 6 heteroatoms. The van der Waals surface area contributed by atoms with Crippen molar-refractivity contribution in [2.24, 2.45) is 5.92 Å². The van der Waals surface area contributed by atoms with Crippen LogP contribution in [-0.4, -0.2) is 32.8 Å². The molecule has 0 amide bonds. The maximum atomic E-state index is 12.9. The molecule has 6 nitrogen and oxygen atoms in total. The van der Waals surface area contributed by atoms with Gasteiger partial charge in [0, 0.05) is 36.3 Å². The summed E-state index contributed by atoms with van der Waals surface area (Å²) in [6.07, 6.45) is 10.2. The number of allylic oxidation sites excluding steroid dienone is 2. The third-order valence-corrected chi connectivity index (χ3v) is 7.09. The second kappa shape index (κ2) is 8.30. The summed E-state index contributed by atoms with van der Waals surface area (Å²) in [5.41, 5.74) is 1.66. The van der Waals surface area contributed by atoms with Crippen LogP contribution < -0.4 is 4.74 Å². The molecule has 32 heavy (non-hydrogen) atoms. The molecule has 0 fully saturated rings. The van der Waals surface area contributed by atoms with E-state index in [0.717, 1.165) is 24.9 Å². The second-order valence-corrected chi connectivity index (χ2v) is 10.2. The molecule has 2 aliphatic rings. The first kappa shape index (κ1) is 22.4. The van der Waals surface area contributed by atoms with E-state index in [-0.39, 0.29) is 23.2 Å². The fourth-order valence-corrected chi connectivity index (χ4v) is 5.05. The summed E-state index contributed by atoms with van der Waals surface area (Å²) in [6.45, 7) is 11.1. The first-order valence-corrected chi connectivity index (χ1v) is 11.4. The molecule has 0 saturated heterocycles. The molecule has 2 heterocycles. The van der Waals surface area contributed by atoms with Crippen molar-refractivity contribution in [2.45, 2.75) is 77.4 Å². The van der Waals surface area contributed by atoms with Gasteiger partial charge in [-0.15, -0.1) is 0 Å². The number of esters is 1. The SMILES string of the molecule is CC1=CCC2C(C1)c1c(O)cc(C(C)(C)C(=O)OCCCn3ccnc3)cc1OC2(C)C. The summed E-state index contributed by atoms with van der Waals surface area (Å²) in [5.74, 6) is 1.10. The van der Waals surface area contributed by atoms with Crippen molar-refractivity contribution in [1.29, 1.82) is 0 Å². The Balaban J connectivity index is 1.53. The van der Waals surface area contributed by atoms with Crippen LogP contribution in [-0.2, 0) is 21.5 Å². The van der Waals surface area contributed by atoms with Gasteiger partial charge in [-0.1, -0.05) is 11.6 Å². The average molecular weight is 439 g/mol. The quantitative estimate of drug-likeness (QED) is 0.385. The van der Waals surface area contributed by atoms with Crippen LogP contribution in [0.5, 0.6) is 11.5 Å². The number of ether oxygens (including phenoxy) is 2. The molecule has 0 radical (unpaired) electrons. The standard InChI is InChI=1S/C26H34N2O4/c1-17-7-8-20-19(13-17)23-21(29)14-18(15-22(23)32-26(20,4)5)25(2,3)24(30)31-12-6-10-28-11-9-27-16-28/h7,9,11,14-16,19-20,29H,6,8,10,12-13H2,1-5H3. The van der Waals surface area contributed by atoms with E-state index < -0.39 is 5.41 Å². The van der Waals surface area contributed by atoms with Gasteiger partial charge in [0.25, 0.3) is 0 Å². The molecule has 1 aliphatic heterocycles. The van der Waals surface area contributed by atoms with E-state index in [1.54, 1.807) is 18.6 Å². The third-order valence-electron chi connectivity index (χ3n) is 7.09. The Labute approximate surface area is 190 Å². The fraction of sp³-hybridized carbons (Fsp3) is 0.538. The Hall–Kier alpha value is -2.76. The molecule has 0 saturated carbocycles. The Morgan fingerprint density at radius 1 is 1.38 bits per heavy atom. The van der Waals surface area contributed by atoms with Crippen molar-refractivity contribution in [3.8, 4) is 11.5 Å². The molecular formula is C26H34N2O4. The Bertz CT molecular complexity index is 1020. The number of phenolic OH excluding ortho intramolecular Hbond substituents is 1. The normalized spacial score (nSPS) is 21.7. The number of benzene rings is 1. The zero-order chi connectivity index (χ0) is 23.1. The lowest BCUT2D eigenvalue weighted by atomic mass is 9.67. The van der Waals surface area contributed by atoms with Gasteiger partial charge in [0.15, 0.2) is 0 Å². The Morgan fingerprint density at radius 3 is 2.88 bits per heavy atom. The number of aromatic hydroxyl groups is 1. The van der Waals surface area contributed by atoms with Crippen LogP contribution in [0, 0.1) is 5.92 Å². The fourth-order valence-electron chi connectivity index (χ4n) is 5.05. The van der Waals surface area contributed by atoms with Gasteiger partial charge in [0.1, 0.15) is 17.1 Å². The molecule has 1 aromatic carbocycles. The second-order valence-electron chi connectivity index (χ2n) is 10.2. The number of nitrogens with zero attached hydrogens (tertiary/aromatic N) is 2. The minimum Gasteiger partial charge on any atom is -0.508 e. The van der Waals surface area contributed by atoms with Crippen molar-refractivity contribution in [3.63, 3.8) is 0 Å². The summed E-state index contributed by atoms with van der Waals surface area (Å²) < 4.78 is 13.9. The van der Waals surface area contributed by atoms with Gasteiger partial charge >= 0.3 is 5.97 Å². The smallest absolute Gasteiger partial charge is 0.315 e. The highest BCUT2D eigenvalue weighted by atomic mass is 16.5. The highest BCUT2D eigenvalue weighted by molar-refractivity contribution is 5.82. The van der Waals surface area contributed by atoms with Gasteiger partial charge in [0.2, 0.25) is 0 Å². The average Bonchev–Trinajstić information content (AvgIpc) is 3.23. The summed E-state index contributed by atoms with van der Waals surface area (Å²) in [7, 11) is 0. The predicted octanol–water partition coefficient (Wildman–Crippen LogP) is 5.11. The zero-order valence-corrected chi connectivity index (χ0v) is 19.7. The molecule has 0 bridgehead atoms. The van der Waals surface area contributed by atoms with Crippen LogP contribution in [0.3, 0.4) is 0 Å². The van der Waals surface area contributed by atoms with Gasteiger partial charge in [-0.05, 0) is 71.6 Å². The lowest BCUT2D eigenvalue weighted by Crippen LogP contribution is -2.45. The number of fused-ring (bicyclic) bond motifs is 3. The van der Waals surface area contributed by atoms with E-state index in [4.69, 9.17) is 9.47 Å². The van der Waals surface area contributed by atoms with Crippen molar-refractivity contribution >= 4 is 5.97 Å². The number of hydrogen-bond acceptors (Lipinski definition) is 5. The number of rotatable bonds is 6. The van der Waals surface area contributed by atoms with Crippen molar-refractivity contribution in [1.82, 2.24) is 9.55 Å². The van der Waals surface area contributed by atoms with Crippen LogP contribution >= 0.6 is 0 Å². The van der Waals surface area contributed by atoms with Gasteiger partial charge in [-0.25, -0.2) is 4.98 Å². The predicted molar refractivity (Wildman–Crippen MR) is 123 cm³/mol. The number of aromatic nitrogens is 2. The molecule has 1 aliphatic carbocycles. The number of imidazole rings is 1. The van der Waals surface area contributed by atoms with Gasteiger partial charge in [0.05, 0.1) is 18.3 Å². The molecule has 2 unspecified atom stereocenters. The van der Waals surface area contributed by atoms with Gasteiger partial charge < -0.3 is 19.1 Å². The lowest BCUT2D eigenvalue weighted by molar-refractivity contribution is -0.149. The number of aryl methyl sites for hydroxylation is 1. The molecule has 4 rings (SSSR count). The molecule has 1 N–H and O–H groups in total. The van der Waals surface area contributed by atoms with Gasteiger partial charge in [-0.2, -0.15) is 0 Å². The van der Waals surface area contributed by atoms with Crippen LogP contribution in [0.25, 0.3) is 0 Å². The first-order chi connectivity index (χ1) is 15.1. The first-order valence-electron chi connectivity index (χ1n) is 11.4. The summed E-state index contributed by atoms with van der Waals surface area (Å²) in [4.78, 5) is 16.9. The van der Waals surface area contributed by atoms with E-state index in [1.165, 1.54) is 5.57 Å². The maximum Gasteiger partial charge on any atom is 0.315 e. The molecule has 172 valence electrons. The van der Waals surface area contributed by atoms with Crippen molar-refractivity contribution in [3.05, 3.63) is 53.6 Å².